The lowest BCUT2D eigenvalue weighted by Gasteiger charge is -2.30. The zero-order chi connectivity index (χ0) is 16.5. The van der Waals surface area contributed by atoms with Gasteiger partial charge in [0.2, 0.25) is 0 Å². The Morgan fingerprint density at radius 3 is 2.74 bits per heavy atom. The Labute approximate surface area is 139 Å². The van der Waals surface area contributed by atoms with Gasteiger partial charge in [0.05, 0.1) is 0 Å². The number of benzene rings is 1. The normalized spacial score (nSPS) is 16.6. The summed E-state index contributed by atoms with van der Waals surface area (Å²) in [6.07, 6.45) is 6.12. The number of ether oxygens (including phenoxy) is 2. The number of rotatable bonds is 8. The summed E-state index contributed by atoms with van der Waals surface area (Å²) in [5.41, 5.74) is 1.10. The number of likely N-dealkylation sites (tertiary alicyclic amines) is 1. The fourth-order valence-electron chi connectivity index (χ4n) is 2.94. The number of para-hydroxylation sites is 1. The molecule has 1 fully saturated rings. The first-order valence-electron chi connectivity index (χ1n) is 8.40. The summed E-state index contributed by atoms with van der Waals surface area (Å²) in [6, 6.07) is 7.92. The number of hydrogen-bond acceptors (Lipinski definition) is 4. The average Bonchev–Trinajstić information content (AvgIpc) is 2.54. The average molecular weight is 317 g/mol. The molecule has 0 N–H and O–H groups in total. The molecular formula is C19H27NO3. The molecule has 0 aliphatic carbocycles. The highest BCUT2D eigenvalue weighted by molar-refractivity contribution is 5.66. The maximum Gasteiger partial charge on any atom is 0.303 e. The van der Waals surface area contributed by atoms with Gasteiger partial charge in [-0.25, -0.2) is 0 Å². The number of carbonyl (C=O) groups excluding carboxylic acids is 1. The third-order valence-corrected chi connectivity index (χ3v) is 4.00. The fourth-order valence-corrected chi connectivity index (χ4v) is 2.94. The molecule has 0 amide bonds. The van der Waals surface area contributed by atoms with Crippen LogP contribution in [0, 0.1) is 0 Å². The van der Waals surface area contributed by atoms with E-state index >= 15 is 0 Å². The minimum absolute atomic E-state index is 0.234. The first-order valence-corrected chi connectivity index (χ1v) is 8.40. The molecule has 0 saturated carbocycles. The van der Waals surface area contributed by atoms with Crippen molar-refractivity contribution < 1.29 is 14.3 Å². The summed E-state index contributed by atoms with van der Waals surface area (Å²) in [6.45, 7) is 8.50. The van der Waals surface area contributed by atoms with Crippen LogP contribution in [0.5, 0.6) is 5.75 Å². The van der Waals surface area contributed by atoms with Gasteiger partial charge in [0, 0.05) is 13.5 Å². The van der Waals surface area contributed by atoms with Crippen LogP contribution in [0.2, 0.25) is 0 Å². The van der Waals surface area contributed by atoms with E-state index in [2.05, 4.69) is 11.5 Å². The summed E-state index contributed by atoms with van der Waals surface area (Å²) in [7, 11) is 0. The number of carbonyl (C=O) groups is 1. The zero-order valence-electron chi connectivity index (χ0n) is 14.0. The second-order valence-electron chi connectivity index (χ2n) is 6.00. The number of hydrogen-bond donors (Lipinski definition) is 0. The Kier molecular flexibility index (Phi) is 7.14. The molecule has 0 bridgehead atoms. The van der Waals surface area contributed by atoms with E-state index in [-0.39, 0.29) is 12.1 Å². The van der Waals surface area contributed by atoms with Crippen molar-refractivity contribution in [2.45, 2.75) is 38.7 Å². The first kappa shape index (κ1) is 17.5. The summed E-state index contributed by atoms with van der Waals surface area (Å²) in [5.74, 6) is 0.582. The van der Waals surface area contributed by atoms with E-state index in [4.69, 9.17) is 9.47 Å². The number of nitrogens with zero attached hydrogens (tertiary/aromatic N) is 1. The van der Waals surface area contributed by atoms with E-state index < -0.39 is 0 Å². The van der Waals surface area contributed by atoms with Crippen LogP contribution in [0.3, 0.4) is 0 Å². The highest BCUT2D eigenvalue weighted by atomic mass is 16.6. The SMILES string of the molecule is C=CCc1ccccc1OC[C@@H](CN1CCCCC1)OC(C)=O. The molecule has 1 atom stereocenters. The van der Waals surface area contributed by atoms with Crippen LogP contribution >= 0.6 is 0 Å². The molecule has 1 aromatic rings. The quantitative estimate of drug-likeness (QED) is 0.545. The van der Waals surface area contributed by atoms with Gasteiger partial charge in [0.25, 0.3) is 0 Å². The largest absolute Gasteiger partial charge is 0.489 e. The van der Waals surface area contributed by atoms with Crippen molar-refractivity contribution in [3.63, 3.8) is 0 Å². The molecule has 2 rings (SSSR count). The van der Waals surface area contributed by atoms with Gasteiger partial charge in [0.1, 0.15) is 18.5 Å². The van der Waals surface area contributed by atoms with Gasteiger partial charge in [-0.2, -0.15) is 0 Å². The van der Waals surface area contributed by atoms with Gasteiger partial charge in [-0.15, -0.1) is 6.58 Å². The van der Waals surface area contributed by atoms with Crippen molar-refractivity contribution in [1.82, 2.24) is 4.90 Å². The van der Waals surface area contributed by atoms with Crippen molar-refractivity contribution in [1.29, 1.82) is 0 Å². The zero-order valence-corrected chi connectivity index (χ0v) is 14.0. The molecule has 0 radical (unpaired) electrons. The third kappa shape index (κ3) is 6.06. The Balaban J connectivity index is 1.94. The van der Waals surface area contributed by atoms with Crippen LogP contribution in [0.25, 0.3) is 0 Å². The van der Waals surface area contributed by atoms with Crippen LogP contribution in [0.1, 0.15) is 31.7 Å². The fraction of sp³-hybridized carbons (Fsp3) is 0.526. The Hall–Kier alpha value is -1.81. The van der Waals surface area contributed by atoms with Gasteiger partial charge >= 0.3 is 5.97 Å². The minimum atomic E-state index is -0.255. The summed E-state index contributed by atoms with van der Waals surface area (Å²) >= 11 is 0. The van der Waals surface area contributed by atoms with Crippen molar-refractivity contribution in [2.75, 3.05) is 26.2 Å². The van der Waals surface area contributed by atoms with Crippen molar-refractivity contribution in [3.8, 4) is 5.75 Å². The van der Waals surface area contributed by atoms with E-state index in [1.54, 1.807) is 0 Å². The van der Waals surface area contributed by atoms with Gasteiger partial charge in [-0.1, -0.05) is 30.7 Å². The third-order valence-electron chi connectivity index (χ3n) is 4.00. The molecule has 0 spiro atoms. The number of piperidine rings is 1. The minimum Gasteiger partial charge on any atom is -0.489 e. The van der Waals surface area contributed by atoms with E-state index in [1.165, 1.54) is 26.2 Å². The van der Waals surface area contributed by atoms with Crippen molar-refractivity contribution in [3.05, 3.63) is 42.5 Å². The van der Waals surface area contributed by atoms with Gasteiger partial charge in [-0.3, -0.25) is 9.69 Å². The van der Waals surface area contributed by atoms with E-state index in [0.717, 1.165) is 37.4 Å². The lowest BCUT2D eigenvalue weighted by atomic mass is 10.1. The second-order valence-corrected chi connectivity index (χ2v) is 6.00. The maximum atomic E-state index is 11.4. The highest BCUT2D eigenvalue weighted by Gasteiger charge is 2.20. The van der Waals surface area contributed by atoms with E-state index in [9.17, 15) is 4.79 Å². The molecule has 0 aromatic heterocycles. The predicted molar refractivity (Wildman–Crippen MR) is 91.7 cm³/mol. The van der Waals surface area contributed by atoms with E-state index in [0.29, 0.717) is 6.61 Å². The number of esters is 1. The highest BCUT2D eigenvalue weighted by Crippen LogP contribution is 2.19. The molecule has 4 heteroatoms. The molecule has 1 aliphatic rings. The van der Waals surface area contributed by atoms with Crippen LogP contribution in [0.15, 0.2) is 36.9 Å². The summed E-state index contributed by atoms with van der Waals surface area (Å²) in [4.78, 5) is 13.7. The predicted octanol–water partition coefficient (Wildman–Crippen LogP) is 3.21. The molecule has 126 valence electrons. The summed E-state index contributed by atoms with van der Waals surface area (Å²) in [5, 5.41) is 0. The first-order chi connectivity index (χ1) is 11.2. The lowest BCUT2D eigenvalue weighted by Crippen LogP contribution is -2.40. The molecule has 1 aromatic carbocycles. The van der Waals surface area contributed by atoms with E-state index in [1.807, 2.05) is 30.3 Å². The van der Waals surface area contributed by atoms with Crippen LogP contribution in [-0.2, 0) is 16.0 Å². The Bertz CT molecular complexity index is 509. The number of allylic oxidation sites excluding steroid dienone is 1. The standard InChI is InChI=1S/C19H27NO3/c1-3-9-17-10-5-6-11-19(17)22-15-18(23-16(2)21)14-20-12-7-4-8-13-20/h3,5-6,10-11,18H,1,4,7-9,12-15H2,2H3/t18-/m1/s1. The lowest BCUT2D eigenvalue weighted by molar-refractivity contribution is -0.149. The van der Waals surface area contributed by atoms with Gasteiger partial charge in [-0.05, 0) is 44.0 Å². The molecule has 23 heavy (non-hydrogen) atoms. The van der Waals surface area contributed by atoms with Crippen LogP contribution < -0.4 is 4.74 Å². The molecular weight excluding hydrogens is 290 g/mol. The smallest absolute Gasteiger partial charge is 0.303 e. The van der Waals surface area contributed by atoms with Gasteiger partial charge in [0.15, 0.2) is 0 Å². The summed E-state index contributed by atoms with van der Waals surface area (Å²) < 4.78 is 11.4. The second kappa shape index (κ2) is 9.36. The molecule has 1 saturated heterocycles. The molecule has 4 nitrogen and oxygen atoms in total. The van der Waals surface area contributed by atoms with Gasteiger partial charge < -0.3 is 9.47 Å². The molecule has 0 unspecified atom stereocenters. The Morgan fingerprint density at radius 2 is 2.04 bits per heavy atom. The molecule has 1 aliphatic heterocycles. The van der Waals surface area contributed by atoms with Crippen molar-refractivity contribution >= 4 is 5.97 Å². The maximum absolute atomic E-state index is 11.4. The monoisotopic (exact) mass is 317 g/mol. The topological polar surface area (TPSA) is 38.8 Å². The Morgan fingerprint density at radius 1 is 1.30 bits per heavy atom. The van der Waals surface area contributed by atoms with Crippen LogP contribution in [-0.4, -0.2) is 43.2 Å². The van der Waals surface area contributed by atoms with Crippen molar-refractivity contribution in [2.24, 2.45) is 0 Å². The molecule has 1 heterocycles. The van der Waals surface area contributed by atoms with Crippen LogP contribution in [0.4, 0.5) is 0 Å².